The van der Waals surface area contributed by atoms with E-state index in [0.717, 1.165) is 36.1 Å². The summed E-state index contributed by atoms with van der Waals surface area (Å²) in [4.78, 5) is 38.2. The van der Waals surface area contributed by atoms with Gasteiger partial charge in [0.25, 0.3) is 0 Å². The molecule has 4 rings (SSSR count). The van der Waals surface area contributed by atoms with E-state index in [4.69, 9.17) is 19.3 Å². The highest BCUT2D eigenvalue weighted by molar-refractivity contribution is 5.90. The quantitative estimate of drug-likeness (QED) is 0.322. The number of carboxylic acids is 1. The summed E-state index contributed by atoms with van der Waals surface area (Å²) in [6, 6.07) is 14.6. The summed E-state index contributed by atoms with van der Waals surface area (Å²) < 4.78 is 18.6. The monoisotopic (exact) mass is 582 g/mol. The fourth-order valence-corrected chi connectivity index (χ4v) is 5.36. The molecule has 0 bridgehead atoms. The molecule has 1 amide bonds. The predicted octanol–water partition coefficient (Wildman–Crippen LogP) is 4.72. The van der Waals surface area contributed by atoms with Crippen molar-refractivity contribution in [1.29, 1.82) is 0 Å². The fraction of sp³-hybridized carbons (Fsp3) is 0.531. The minimum atomic E-state index is -0.933. The van der Waals surface area contributed by atoms with Gasteiger partial charge in [-0.05, 0) is 69.8 Å². The number of esters is 1. The maximum atomic E-state index is 13.0. The van der Waals surface area contributed by atoms with Crippen molar-refractivity contribution in [3.05, 3.63) is 65.2 Å². The molecule has 2 aromatic rings. The lowest BCUT2D eigenvalue weighted by atomic mass is 9.99. The van der Waals surface area contributed by atoms with Crippen LogP contribution in [0.1, 0.15) is 88.4 Å². The number of nitrogens with one attached hydrogen (secondary N) is 1. The largest absolute Gasteiger partial charge is 0.481 e. The van der Waals surface area contributed by atoms with Crippen LogP contribution in [0.3, 0.4) is 0 Å². The summed E-state index contributed by atoms with van der Waals surface area (Å²) in [6.45, 7) is 6.88. The lowest BCUT2D eigenvalue weighted by molar-refractivity contribution is -0.253. The van der Waals surface area contributed by atoms with Crippen molar-refractivity contribution in [3.63, 3.8) is 0 Å². The molecule has 10 nitrogen and oxygen atoms in total. The van der Waals surface area contributed by atoms with Crippen LogP contribution in [0.15, 0.2) is 48.5 Å². The van der Waals surface area contributed by atoms with Gasteiger partial charge >= 0.3 is 11.9 Å². The normalized spacial score (nSPS) is 23.0. The number of aliphatic hydroxyl groups is 1. The second-order valence-corrected chi connectivity index (χ2v) is 12.0. The van der Waals surface area contributed by atoms with E-state index in [9.17, 15) is 19.5 Å². The Morgan fingerprint density at radius 1 is 1.05 bits per heavy atom. The number of amides is 1. The average molecular weight is 583 g/mol. The molecule has 0 spiro atoms. The Kier molecular flexibility index (Phi) is 10.7. The van der Waals surface area contributed by atoms with E-state index in [2.05, 4.69) is 10.2 Å². The number of aliphatic hydroxyl groups excluding tert-OH is 1. The van der Waals surface area contributed by atoms with E-state index in [1.165, 1.54) is 0 Å². The standard InChI is InChI=1S/C32H42N2O8/c1-32(2,3)42-30(39)26-9-6-16-34(26)19-25-18-27(22-14-12-21(20-35)13-15-22)41-31(40-25)23-7-4-8-24(17-23)33-28(36)10-5-11-29(37)38/h4,7-8,12-15,17,25-27,31,35H,5-6,9-11,16,18-20H2,1-3H3,(H,33,36)(H,37,38)/t25-,26-,27+,31+/m0/s1. The highest BCUT2D eigenvalue weighted by Gasteiger charge is 2.39. The smallest absolute Gasteiger partial charge is 0.323 e. The number of benzene rings is 2. The first-order valence-corrected chi connectivity index (χ1v) is 14.6. The van der Waals surface area contributed by atoms with E-state index >= 15 is 0 Å². The van der Waals surface area contributed by atoms with E-state index in [1.807, 2.05) is 57.2 Å². The minimum Gasteiger partial charge on any atom is -0.481 e. The Morgan fingerprint density at radius 3 is 2.50 bits per heavy atom. The molecule has 0 radical (unpaired) electrons. The van der Waals surface area contributed by atoms with Crippen LogP contribution in [0.25, 0.3) is 0 Å². The molecule has 0 aromatic heterocycles. The first-order chi connectivity index (χ1) is 20.0. The van der Waals surface area contributed by atoms with Gasteiger partial charge in [-0.2, -0.15) is 0 Å². The maximum absolute atomic E-state index is 13.0. The molecular weight excluding hydrogens is 540 g/mol. The zero-order valence-electron chi connectivity index (χ0n) is 24.6. The van der Waals surface area contributed by atoms with Crippen LogP contribution in [-0.2, 0) is 35.2 Å². The van der Waals surface area contributed by atoms with Crippen molar-refractivity contribution in [2.24, 2.45) is 0 Å². The van der Waals surface area contributed by atoms with Crippen molar-refractivity contribution < 1.29 is 38.8 Å². The Morgan fingerprint density at radius 2 is 1.81 bits per heavy atom. The maximum Gasteiger partial charge on any atom is 0.323 e. The topological polar surface area (TPSA) is 135 Å². The zero-order chi connectivity index (χ0) is 30.3. The Bertz CT molecular complexity index is 1230. The molecule has 42 heavy (non-hydrogen) atoms. The van der Waals surface area contributed by atoms with Gasteiger partial charge in [0.2, 0.25) is 5.91 Å². The molecule has 2 saturated heterocycles. The van der Waals surface area contributed by atoms with Crippen LogP contribution < -0.4 is 5.32 Å². The van der Waals surface area contributed by atoms with Crippen molar-refractivity contribution in [1.82, 2.24) is 4.90 Å². The van der Waals surface area contributed by atoms with Crippen molar-refractivity contribution >= 4 is 23.5 Å². The SMILES string of the molecule is CC(C)(C)OC(=O)[C@@H]1CCCN1C[C@@H]1C[C@H](c2ccc(CO)cc2)O[C@H](c2cccc(NC(=O)CCCC(=O)O)c2)O1. The summed E-state index contributed by atoms with van der Waals surface area (Å²) in [5, 5.41) is 21.1. The molecule has 3 N–H and O–H groups in total. The first-order valence-electron chi connectivity index (χ1n) is 14.6. The number of carbonyl (C=O) groups is 3. The summed E-state index contributed by atoms with van der Waals surface area (Å²) in [7, 11) is 0. The first kappa shape index (κ1) is 31.6. The summed E-state index contributed by atoms with van der Waals surface area (Å²) in [6.07, 6.45) is 1.25. The van der Waals surface area contributed by atoms with Crippen LogP contribution in [0.2, 0.25) is 0 Å². The second-order valence-electron chi connectivity index (χ2n) is 12.0. The van der Waals surface area contributed by atoms with E-state index in [1.54, 1.807) is 12.1 Å². The van der Waals surface area contributed by atoms with Gasteiger partial charge in [0, 0.05) is 37.1 Å². The second kappa shape index (κ2) is 14.2. The van der Waals surface area contributed by atoms with Gasteiger partial charge in [-0.1, -0.05) is 36.4 Å². The number of hydrogen-bond acceptors (Lipinski definition) is 8. The van der Waals surface area contributed by atoms with Crippen LogP contribution in [0.5, 0.6) is 0 Å². The molecule has 2 aliphatic heterocycles. The minimum absolute atomic E-state index is 0.0456. The number of aliphatic carboxylic acids is 1. The highest BCUT2D eigenvalue weighted by Crippen LogP contribution is 2.39. The van der Waals surface area contributed by atoms with Crippen LogP contribution in [0.4, 0.5) is 5.69 Å². The van der Waals surface area contributed by atoms with Crippen LogP contribution in [-0.4, -0.2) is 63.8 Å². The number of nitrogens with zero attached hydrogens (tertiary/aromatic N) is 1. The van der Waals surface area contributed by atoms with Crippen molar-refractivity contribution in [2.45, 2.75) is 96.0 Å². The summed E-state index contributed by atoms with van der Waals surface area (Å²) in [5.41, 5.74) is 2.50. The molecule has 0 aliphatic carbocycles. The molecule has 10 heteroatoms. The van der Waals surface area contributed by atoms with Crippen molar-refractivity contribution in [2.75, 3.05) is 18.4 Å². The van der Waals surface area contributed by atoms with Crippen molar-refractivity contribution in [3.8, 4) is 0 Å². The molecule has 0 unspecified atom stereocenters. The molecular formula is C32H42N2O8. The number of likely N-dealkylation sites (tertiary alicyclic amines) is 1. The third kappa shape index (κ3) is 9.09. The molecule has 2 aliphatic rings. The lowest BCUT2D eigenvalue weighted by Crippen LogP contribution is -2.45. The van der Waals surface area contributed by atoms with Crippen LogP contribution in [0, 0.1) is 0 Å². The van der Waals surface area contributed by atoms with E-state index in [0.29, 0.717) is 18.7 Å². The molecule has 2 aromatic carbocycles. The van der Waals surface area contributed by atoms with Gasteiger partial charge < -0.3 is 29.7 Å². The Labute approximate surface area is 246 Å². The van der Waals surface area contributed by atoms with Gasteiger partial charge in [-0.25, -0.2) is 0 Å². The lowest BCUT2D eigenvalue weighted by Gasteiger charge is -2.38. The molecule has 2 heterocycles. The average Bonchev–Trinajstić information content (AvgIpc) is 3.40. The van der Waals surface area contributed by atoms with E-state index in [-0.39, 0.29) is 56.0 Å². The molecule has 0 saturated carbocycles. The fourth-order valence-electron chi connectivity index (χ4n) is 5.36. The van der Waals surface area contributed by atoms with Gasteiger partial charge in [-0.3, -0.25) is 19.3 Å². The molecule has 228 valence electrons. The highest BCUT2D eigenvalue weighted by atomic mass is 16.7. The van der Waals surface area contributed by atoms with Gasteiger partial charge in [0.15, 0.2) is 6.29 Å². The number of ether oxygens (including phenoxy) is 3. The van der Waals surface area contributed by atoms with Gasteiger partial charge in [0.05, 0.1) is 18.8 Å². The summed E-state index contributed by atoms with van der Waals surface area (Å²) in [5.74, 6) is -1.41. The number of rotatable bonds is 11. The number of carbonyl (C=O) groups excluding carboxylic acids is 2. The third-order valence-electron chi connectivity index (χ3n) is 7.33. The molecule has 2 fully saturated rings. The number of anilines is 1. The number of hydrogen-bond donors (Lipinski definition) is 3. The van der Waals surface area contributed by atoms with E-state index < -0.39 is 17.9 Å². The Hall–Kier alpha value is -3.31. The zero-order valence-corrected chi connectivity index (χ0v) is 24.6. The van der Waals surface area contributed by atoms with Gasteiger partial charge in [0.1, 0.15) is 11.6 Å². The Balaban J connectivity index is 1.51. The summed E-state index contributed by atoms with van der Waals surface area (Å²) >= 11 is 0. The molecule has 4 atom stereocenters. The predicted molar refractivity (Wildman–Crippen MR) is 155 cm³/mol. The van der Waals surface area contributed by atoms with Gasteiger partial charge in [-0.15, -0.1) is 0 Å². The van der Waals surface area contributed by atoms with Crippen LogP contribution >= 0.6 is 0 Å². The third-order valence-corrected chi connectivity index (χ3v) is 7.33. The number of carboxylic acid groups (broad SMARTS) is 1.